The maximum Gasteiger partial charge on any atom is 0.442 e. The number of rotatable bonds is 1. The Kier molecular flexibility index (Phi) is 2.97. The fraction of sp³-hybridized carbons (Fsp3) is 0.182. The van der Waals surface area contributed by atoms with Crippen LogP contribution in [0.25, 0.3) is 0 Å². The number of alkyl halides is 3. The maximum atomic E-state index is 12.7. The van der Waals surface area contributed by atoms with Crippen molar-refractivity contribution in [3.63, 3.8) is 0 Å². The van der Waals surface area contributed by atoms with Crippen molar-refractivity contribution in [1.82, 2.24) is 10.4 Å². The van der Waals surface area contributed by atoms with Gasteiger partial charge in [-0.15, -0.1) is 0 Å². The Hall–Kier alpha value is -2.09. The third kappa shape index (κ3) is 2.14. The maximum absolute atomic E-state index is 12.7. The van der Waals surface area contributed by atoms with E-state index in [-0.39, 0.29) is 10.6 Å². The highest BCUT2D eigenvalue weighted by atomic mass is 19.4. The first kappa shape index (κ1) is 13.3. The van der Waals surface area contributed by atoms with E-state index in [1.165, 1.54) is 0 Å². The minimum Gasteiger partial charge on any atom is -0.359 e. The fourth-order valence-electron chi connectivity index (χ4n) is 1.56. The van der Waals surface area contributed by atoms with Crippen LogP contribution in [0.5, 0.6) is 0 Å². The lowest BCUT2D eigenvalue weighted by Crippen LogP contribution is -2.60. The molecule has 1 heterocycles. The normalized spacial score (nSPS) is 22.5. The molecular weight excluding hydrogens is 268 g/mol. The Morgan fingerprint density at radius 3 is 2.37 bits per heavy atom. The van der Waals surface area contributed by atoms with Crippen LogP contribution >= 0.6 is 0 Å². The number of carbonyl (C=O) groups is 1. The quantitative estimate of drug-likeness (QED) is 0.765. The van der Waals surface area contributed by atoms with Crippen LogP contribution in [0.2, 0.25) is 0 Å². The van der Waals surface area contributed by atoms with E-state index in [9.17, 15) is 27.5 Å². The molecule has 1 atom stereocenters. The second kappa shape index (κ2) is 4.23. The second-order valence-electron chi connectivity index (χ2n) is 3.83. The standard InChI is InChI=1S/C11H8F4N2O2/c12-8-3-1-7(2-4-8)9(18)17-10(19,5-6-16-17)11(13,14)15/h1-6,16,19H/t10-/m0/s1. The van der Waals surface area contributed by atoms with Crippen LogP contribution < -0.4 is 5.43 Å². The molecule has 0 bridgehead atoms. The zero-order valence-electron chi connectivity index (χ0n) is 9.28. The summed E-state index contributed by atoms with van der Waals surface area (Å²) in [6.07, 6.45) is -3.86. The molecule has 19 heavy (non-hydrogen) atoms. The Morgan fingerprint density at radius 2 is 1.84 bits per heavy atom. The largest absolute Gasteiger partial charge is 0.442 e. The lowest BCUT2D eigenvalue weighted by Gasteiger charge is -2.33. The number of hydrogen-bond acceptors (Lipinski definition) is 3. The first-order valence-electron chi connectivity index (χ1n) is 5.09. The Balaban J connectivity index is 2.32. The third-order valence-electron chi connectivity index (χ3n) is 2.57. The summed E-state index contributed by atoms with van der Waals surface area (Å²) in [5.41, 5.74) is -1.62. The van der Waals surface area contributed by atoms with E-state index < -0.39 is 23.6 Å². The first-order valence-corrected chi connectivity index (χ1v) is 5.09. The number of benzene rings is 1. The molecule has 1 aliphatic rings. The van der Waals surface area contributed by atoms with Gasteiger partial charge < -0.3 is 5.11 Å². The van der Waals surface area contributed by atoms with E-state index in [1.54, 1.807) is 0 Å². The average Bonchev–Trinajstić information content (AvgIpc) is 2.72. The molecule has 0 aromatic heterocycles. The van der Waals surface area contributed by atoms with Gasteiger partial charge in [-0.2, -0.15) is 13.2 Å². The van der Waals surface area contributed by atoms with E-state index in [2.05, 4.69) is 0 Å². The van der Waals surface area contributed by atoms with Crippen molar-refractivity contribution < 1.29 is 27.5 Å². The molecular formula is C11H8F4N2O2. The predicted molar refractivity (Wildman–Crippen MR) is 55.9 cm³/mol. The summed E-state index contributed by atoms with van der Waals surface area (Å²) in [6.45, 7) is 0. The fourth-order valence-corrected chi connectivity index (χ4v) is 1.56. The van der Waals surface area contributed by atoms with Crippen LogP contribution in [-0.2, 0) is 0 Å². The number of nitrogens with one attached hydrogen (secondary N) is 1. The minimum atomic E-state index is -5.07. The molecule has 0 radical (unpaired) electrons. The molecule has 1 amide bonds. The van der Waals surface area contributed by atoms with Gasteiger partial charge in [-0.1, -0.05) is 0 Å². The van der Waals surface area contributed by atoms with Gasteiger partial charge in [-0.05, 0) is 30.3 Å². The number of carbonyl (C=O) groups excluding carboxylic acids is 1. The first-order chi connectivity index (χ1) is 8.75. The van der Waals surface area contributed by atoms with E-state index >= 15 is 0 Å². The van der Waals surface area contributed by atoms with Crippen LogP contribution in [-0.4, -0.2) is 27.9 Å². The molecule has 8 heteroatoms. The summed E-state index contributed by atoms with van der Waals surface area (Å²) >= 11 is 0. The summed E-state index contributed by atoms with van der Waals surface area (Å²) in [5.74, 6) is -1.76. The summed E-state index contributed by atoms with van der Waals surface area (Å²) in [4.78, 5) is 11.9. The van der Waals surface area contributed by atoms with Gasteiger partial charge >= 0.3 is 6.18 Å². The van der Waals surface area contributed by atoms with Crippen LogP contribution in [0.3, 0.4) is 0 Å². The highest BCUT2D eigenvalue weighted by Gasteiger charge is 2.60. The van der Waals surface area contributed by atoms with Crippen molar-refractivity contribution >= 4 is 5.91 Å². The SMILES string of the molecule is O=C(c1ccc(F)cc1)N1NC=C[C@]1(O)C(F)(F)F. The van der Waals surface area contributed by atoms with Gasteiger partial charge in [0.2, 0.25) is 0 Å². The van der Waals surface area contributed by atoms with Crippen LogP contribution in [0, 0.1) is 5.82 Å². The van der Waals surface area contributed by atoms with Crippen molar-refractivity contribution in [1.29, 1.82) is 0 Å². The van der Waals surface area contributed by atoms with Crippen molar-refractivity contribution in [3.8, 4) is 0 Å². The van der Waals surface area contributed by atoms with Crippen LogP contribution in [0.4, 0.5) is 17.6 Å². The van der Waals surface area contributed by atoms with Crippen molar-refractivity contribution in [2.45, 2.75) is 11.9 Å². The van der Waals surface area contributed by atoms with E-state index in [0.29, 0.717) is 6.08 Å². The number of hydrazine groups is 1. The van der Waals surface area contributed by atoms with Crippen molar-refractivity contribution in [3.05, 3.63) is 47.9 Å². The van der Waals surface area contributed by atoms with E-state index in [4.69, 9.17) is 0 Å². The zero-order chi connectivity index (χ0) is 14.3. The molecule has 0 fully saturated rings. The monoisotopic (exact) mass is 276 g/mol. The topological polar surface area (TPSA) is 52.6 Å². The van der Waals surface area contributed by atoms with Gasteiger partial charge in [0.25, 0.3) is 11.6 Å². The molecule has 0 saturated heterocycles. The molecule has 1 aliphatic heterocycles. The number of amides is 1. The molecule has 4 nitrogen and oxygen atoms in total. The molecule has 0 saturated carbocycles. The summed E-state index contributed by atoms with van der Waals surface area (Å²) in [6, 6.07) is 3.91. The van der Waals surface area contributed by atoms with Gasteiger partial charge in [0, 0.05) is 11.8 Å². The average molecular weight is 276 g/mol. The van der Waals surface area contributed by atoms with Gasteiger partial charge in [-0.3, -0.25) is 10.2 Å². The molecule has 2 rings (SSSR count). The molecule has 0 aliphatic carbocycles. The number of nitrogens with zero attached hydrogens (tertiary/aromatic N) is 1. The lowest BCUT2D eigenvalue weighted by atomic mass is 10.1. The molecule has 102 valence electrons. The predicted octanol–water partition coefficient (Wildman–Crippen LogP) is 1.55. The molecule has 0 unspecified atom stereocenters. The number of aliphatic hydroxyl groups is 1. The van der Waals surface area contributed by atoms with E-state index in [0.717, 1.165) is 30.5 Å². The summed E-state index contributed by atoms with van der Waals surface area (Å²) in [7, 11) is 0. The van der Waals surface area contributed by atoms with Crippen molar-refractivity contribution in [2.24, 2.45) is 0 Å². The summed E-state index contributed by atoms with van der Waals surface area (Å²) in [5, 5.41) is 9.56. The van der Waals surface area contributed by atoms with Crippen LogP contribution in [0.15, 0.2) is 36.5 Å². The Morgan fingerprint density at radius 1 is 1.26 bits per heavy atom. The highest BCUT2D eigenvalue weighted by molar-refractivity contribution is 5.94. The Bertz CT molecular complexity index is 526. The highest BCUT2D eigenvalue weighted by Crippen LogP contribution is 2.36. The van der Waals surface area contributed by atoms with Crippen molar-refractivity contribution in [2.75, 3.05) is 0 Å². The molecule has 0 spiro atoms. The second-order valence-corrected chi connectivity index (χ2v) is 3.83. The zero-order valence-corrected chi connectivity index (χ0v) is 9.28. The lowest BCUT2D eigenvalue weighted by molar-refractivity contribution is -0.283. The Labute approximate surface area is 104 Å². The minimum absolute atomic E-state index is 0.0280. The van der Waals surface area contributed by atoms with Gasteiger partial charge in [0.05, 0.1) is 0 Å². The van der Waals surface area contributed by atoms with Gasteiger partial charge in [0.1, 0.15) is 5.82 Å². The summed E-state index contributed by atoms with van der Waals surface area (Å²) < 4.78 is 50.9. The molecule has 1 aromatic carbocycles. The smallest absolute Gasteiger partial charge is 0.359 e. The number of halogens is 4. The van der Waals surface area contributed by atoms with Gasteiger partial charge in [0.15, 0.2) is 0 Å². The van der Waals surface area contributed by atoms with Gasteiger partial charge in [-0.25, -0.2) is 9.40 Å². The third-order valence-corrected chi connectivity index (χ3v) is 2.57. The van der Waals surface area contributed by atoms with E-state index in [1.807, 2.05) is 5.43 Å². The van der Waals surface area contributed by atoms with Crippen LogP contribution in [0.1, 0.15) is 10.4 Å². The molecule has 2 N–H and O–H groups in total. The molecule has 1 aromatic rings. The number of hydrogen-bond donors (Lipinski definition) is 2.